The SMILES string of the molecule is CCCCCCCCCCCCCCCCCCCCCCCC(=O)O[C@H](COC(=O)CCCCCCCCCCCCCCCCC(C)CC)COP(=O)(O)OC[C@@H](O)COP(=O)(O)OC[C@@H](COC(=O)CCCCCCCCCC)OC(=O)CCCCCCCCCCCCCCCCC. The standard InChI is InChI=1S/C83H162O17P2/c1-6-10-13-16-19-22-24-26-28-29-30-31-32-33-35-41-45-49-54-59-64-69-83(88)100-79(73-94-81(86)67-62-57-52-47-43-39-37-36-38-42-46-50-55-60-65-76(5)9-4)75-98-102(91,92)96-71-77(84)70-95-101(89,90)97-74-78(72-93-80(85)66-61-56-51-21-18-15-12-8-3)99-82(87)68-63-58-53-48-44-40-34-27-25-23-20-17-14-11-7-2/h76-79,84H,6-75H2,1-5H3,(H,89,90)(H,91,92)/t76?,77-,78+,79+/m0/s1. The molecule has 102 heavy (non-hydrogen) atoms. The van der Waals surface area contributed by atoms with E-state index in [2.05, 4.69) is 34.6 Å². The molecule has 0 fully saturated rings. The van der Waals surface area contributed by atoms with Crippen molar-refractivity contribution in [2.24, 2.45) is 5.92 Å². The molecule has 0 saturated carbocycles. The number of ether oxygens (including phenoxy) is 4. The van der Waals surface area contributed by atoms with E-state index >= 15 is 0 Å². The smallest absolute Gasteiger partial charge is 0.462 e. The second-order valence-corrected chi connectivity index (χ2v) is 33.0. The number of hydrogen-bond donors (Lipinski definition) is 3. The minimum absolute atomic E-state index is 0.108. The van der Waals surface area contributed by atoms with E-state index in [1.165, 1.54) is 270 Å². The van der Waals surface area contributed by atoms with Crippen LogP contribution in [0.4, 0.5) is 0 Å². The normalized spacial score (nSPS) is 14.1. The highest BCUT2D eigenvalue weighted by atomic mass is 31.2. The van der Waals surface area contributed by atoms with Gasteiger partial charge in [-0.1, -0.05) is 394 Å². The molecule has 0 spiro atoms. The summed E-state index contributed by atoms with van der Waals surface area (Å²) in [5.74, 6) is -1.26. The Morgan fingerprint density at radius 1 is 0.275 bits per heavy atom. The molecule has 0 aromatic carbocycles. The van der Waals surface area contributed by atoms with E-state index in [4.69, 9.17) is 37.0 Å². The summed E-state index contributed by atoms with van der Waals surface area (Å²) in [5, 5.41) is 10.6. The van der Waals surface area contributed by atoms with Crippen molar-refractivity contribution in [3.05, 3.63) is 0 Å². The van der Waals surface area contributed by atoms with Crippen molar-refractivity contribution >= 4 is 39.5 Å². The van der Waals surface area contributed by atoms with E-state index in [9.17, 15) is 43.2 Å². The van der Waals surface area contributed by atoms with Crippen LogP contribution in [0.1, 0.15) is 446 Å². The Bertz CT molecular complexity index is 1950. The molecule has 19 heteroatoms. The van der Waals surface area contributed by atoms with Crippen LogP contribution in [0.2, 0.25) is 0 Å². The first kappa shape index (κ1) is 100. The third-order valence-corrected chi connectivity index (χ3v) is 21.8. The summed E-state index contributed by atoms with van der Waals surface area (Å²) in [6.07, 6.45) is 68.1. The van der Waals surface area contributed by atoms with Gasteiger partial charge in [0.1, 0.15) is 19.3 Å². The molecule has 0 rings (SSSR count). The molecule has 0 saturated heterocycles. The molecule has 606 valence electrons. The van der Waals surface area contributed by atoms with Gasteiger partial charge in [-0.25, -0.2) is 9.13 Å². The van der Waals surface area contributed by atoms with Gasteiger partial charge in [0.15, 0.2) is 12.2 Å². The lowest BCUT2D eigenvalue weighted by Gasteiger charge is -2.21. The van der Waals surface area contributed by atoms with Crippen LogP contribution < -0.4 is 0 Å². The summed E-state index contributed by atoms with van der Waals surface area (Å²) >= 11 is 0. The average Bonchev–Trinajstić information content (AvgIpc) is 0.922. The molecule has 0 aliphatic rings. The molecule has 6 atom stereocenters. The monoisotopic (exact) mass is 1490 g/mol. The minimum Gasteiger partial charge on any atom is -0.462 e. The lowest BCUT2D eigenvalue weighted by atomic mass is 9.99. The number of aliphatic hydroxyl groups is 1. The van der Waals surface area contributed by atoms with E-state index in [0.29, 0.717) is 25.7 Å². The van der Waals surface area contributed by atoms with Crippen LogP contribution in [0.3, 0.4) is 0 Å². The predicted octanol–water partition coefficient (Wildman–Crippen LogP) is 25.2. The molecular formula is C83H162O17P2. The lowest BCUT2D eigenvalue weighted by Crippen LogP contribution is -2.30. The van der Waals surface area contributed by atoms with Gasteiger partial charge in [0, 0.05) is 25.7 Å². The Kier molecular flexibility index (Phi) is 74.4. The Morgan fingerprint density at radius 2 is 0.471 bits per heavy atom. The summed E-state index contributed by atoms with van der Waals surface area (Å²) < 4.78 is 68.7. The summed E-state index contributed by atoms with van der Waals surface area (Å²) in [7, 11) is -9.92. The van der Waals surface area contributed by atoms with Gasteiger partial charge in [-0.3, -0.25) is 37.3 Å². The minimum atomic E-state index is -4.96. The fraction of sp³-hybridized carbons (Fsp3) is 0.952. The molecule has 3 N–H and O–H groups in total. The molecule has 0 aromatic rings. The zero-order chi connectivity index (χ0) is 74.8. The Balaban J connectivity index is 5.19. The fourth-order valence-corrected chi connectivity index (χ4v) is 14.5. The quantitative estimate of drug-likeness (QED) is 0.0222. The van der Waals surface area contributed by atoms with Gasteiger partial charge in [-0.2, -0.15) is 0 Å². The maximum atomic E-state index is 13.1. The highest BCUT2D eigenvalue weighted by Crippen LogP contribution is 2.45. The van der Waals surface area contributed by atoms with Crippen LogP contribution >= 0.6 is 15.6 Å². The number of esters is 4. The van der Waals surface area contributed by atoms with Gasteiger partial charge in [0.2, 0.25) is 0 Å². The first-order chi connectivity index (χ1) is 49.6. The molecule has 17 nitrogen and oxygen atoms in total. The van der Waals surface area contributed by atoms with E-state index in [0.717, 1.165) is 95.8 Å². The maximum absolute atomic E-state index is 13.1. The van der Waals surface area contributed by atoms with Crippen molar-refractivity contribution in [1.29, 1.82) is 0 Å². The van der Waals surface area contributed by atoms with E-state index in [1.807, 2.05) is 0 Å². The molecule has 0 aromatic heterocycles. The van der Waals surface area contributed by atoms with Gasteiger partial charge >= 0.3 is 39.5 Å². The second kappa shape index (κ2) is 75.9. The van der Waals surface area contributed by atoms with Crippen molar-refractivity contribution in [3.8, 4) is 0 Å². The topological polar surface area (TPSA) is 237 Å². The highest BCUT2D eigenvalue weighted by Gasteiger charge is 2.30. The second-order valence-electron chi connectivity index (χ2n) is 30.1. The van der Waals surface area contributed by atoms with Crippen molar-refractivity contribution in [2.45, 2.75) is 464 Å². The molecule has 0 heterocycles. The number of unbranched alkanes of at least 4 members (excludes halogenated alkanes) is 54. The average molecular weight is 1490 g/mol. The number of carbonyl (C=O) groups is 4. The van der Waals surface area contributed by atoms with Crippen LogP contribution in [-0.4, -0.2) is 96.7 Å². The van der Waals surface area contributed by atoms with Crippen molar-refractivity contribution in [1.82, 2.24) is 0 Å². The zero-order valence-corrected chi connectivity index (χ0v) is 68.5. The van der Waals surface area contributed by atoms with E-state index < -0.39 is 97.5 Å². The number of aliphatic hydroxyl groups excluding tert-OH is 1. The molecule has 0 radical (unpaired) electrons. The first-order valence-electron chi connectivity index (χ1n) is 43.2. The highest BCUT2D eigenvalue weighted by molar-refractivity contribution is 7.47. The summed E-state index contributed by atoms with van der Waals surface area (Å²) in [5.41, 5.74) is 0. The number of phosphoric ester groups is 2. The Labute approximate surface area is 626 Å². The third-order valence-electron chi connectivity index (χ3n) is 19.9. The Morgan fingerprint density at radius 3 is 0.696 bits per heavy atom. The van der Waals surface area contributed by atoms with Gasteiger partial charge < -0.3 is 33.8 Å². The third kappa shape index (κ3) is 74.9. The van der Waals surface area contributed by atoms with Gasteiger partial charge in [-0.05, 0) is 31.6 Å². The van der Waals surface area contributed by atoms with Crippen LogP contribution in [-0.2, 0) is 65.4 Å². The number of phosphoric acid groups is 2. The summed E-state index contributed by atoms with van der Waals surface area (Å²) in [6, 6.07) is 0. The molecule has 0 aliphatic heterocycles. The van der Waals surface area contributed by atoms with Crippen molar-refractivity contribution in [2.75, 3.05) is 39.6 Å². The largest absolute Gasteiger partial charge is 0.472 e. The van der Waals surface area contributed by atoms with Gasteiger partial charge in [0.25, 0.3) is 0 Å². The fourth-order valence-electron chi connectivity index (χ4n) is 12.9. The molecule has 0 bridgehead atoms. The van der Waals surface area contributed by atoms with Gasteiger partial charge in [0.05, 0.1) is 26.4 Å². The number of carbonyl (C=O) groups excluding carboxylic acids is 4. The maximum Gasteiger partial charge on any atom is 0.472 e. The molecule has 0 amide bonds. The van der Waals surface area contributed by atoms with Crippen LogP contribution in [0, 0.1) is 5.92 Å². The first-order valence-corrected chi connectivity index (χ1v) is 46.2. The van der Waals surface area contributed by atoms with Crippen LogP contribution in [0.25, 0.3) is 0 Å². The lowest BCUT2D eigenvalue weighted by molar-refractivity contribution is -0.161. The number of hydrogen-bond acceptors (Lipinski definition) is 15. The zero-order valence-electron chi connectivity index (χ0n) is 66.8. The molecular weight excluding hydrogens is 1330 g/mol. The summed E-state index contributed by atoms with van der Waals surface area (Å²) in [6.45, 7) is 7.37. The van der Waals surface area contributed by atoms with Gasteiger partial charge in [-0.15, -0.1) is 0 Å². The predicted molar refractivity (Wildman–Crippen MR) is 418 cm³/mol. The van der Waals surface area contributed by atoms with Crippen molar-refractivity contribution < 1.29 is 80.2 Å². The van der Waals surface area contributed by atoms with E-state index in [1.54, 1.807) is 0 Å². The van der Waals surface area contributed by atoms with E-state index in [-0.39, 0.29) is 25.7 Å². The Hall–Kier alpha value is -1.94. The van der Waals surface area contributed by atoms with Crippen LogP contribution in [0.15, 0.2) is 0 Å². The van der Waals surface area contributed by atoms with Crippen molar-refractivity contribution in [3.63, 3.8) is 0 Å². The number of rotatable bonds is 83. The molecule has 0 aliphatic carbocycles. The summed E-state index contributed by atoms with van der Waals surface area (Å²) in [4.78, 5) is 73.0. The van der Waals surface area contributed by atoms with Crippen LogP contribution in [0.5, 0.6) is 0 Å². The molecule has 3 unspecified atom stereocenters.